The molecule has 96 valence electrons. The molecule has 0 saturated carbocycles. The van der Waals surface area contributed by atoms with Gasteiger partial charge in [0.25, 0.3) is 0 Å². The summed E-state index contributed by atoms with van der Waals surface area (Å²) in [5.41, 5.74) is 0. The maximum absolute atomic E-state index is 11.2. The first kappa shape index (κ1) is 14.2. The molecule has 1 rings (SSSR count). The zero-order valence-electron chi connectivity index (χ0n) is 9.93. The van der Waals surface area contributed by atoms with Crippen LogP contribution in [-0.4, -0.2) is 62.2 Å². The minimum Gasteiger partial charge on any atom is -0.289 e. The number of halogens is 1. The van der Waals surface area contributed by atoms with Gasteiger partial charge in [0.1, 0.15) is 0 Å². The zero-order chi connectivity index (χ0) is 12.5. The van der Waals surface area contributed by atoms with Gasteiger partial charge in [-0.2, -0.15) is 0 Å². The number of sulfonamides is 1. The predicted octanol–water partition coefficient (Wildman–Crippen LogP) is -0.136. The molecule has 2 N–H and O–H groups in total. The molecule has 1 saturated heterocycles. The van der Waals surface area contributed by atoms with Gasteiger partial charge in [0, 0.05) is 13.1 Å². The Hall–Kier alpha value is 0.120. The Bertz CT molecular complexity index is 324. The normalized spacial score (nSPS) is 31.6. The van der Waals surface area contributed by atoms with E-state index in [9.17, 15) is 8.42 Å². The predicted molar refractivity (Wildman–Crippen MR) is 65.9 cm³/mol. The van der Waals surface area contributed by atoms with Crippen LogP contribution in [0.3, 0.4) is 0 Å². The number of rotatable bonds is 3. The molecular formula is C9H20ClN3O2S. The molecule has 1 heterocycles. The number of primary sulfonamides is 1. The molecule has 0 unspecified atom stereocenters. The highest BCUT2D eigenvalue weighted by Crippen LogP contribution is 2.19. The monoisotopic (exact) mass is 269 g/mol. The Kier molecular flexibility index (Phi) is 4.59. The zero-order valence-corrected chi connectivity index (χ0v) is 11.5. The summed E-state index contributed by atoms with van der Waals surface area (Å²) < 4.78 is 22.4. The van der Waals surface area contributed by atoms with Crippen LogP contribution in [0, 0.1) is 0 Å². The number of nitrogens with two attached hydrogens (primary N) is 1. The van der Waals surface area contributed by atoms with Crippen molar-refractivity contribution in [1.82, 2.24) is 9.80 Å². The van der Waals surface area contributed by atoms with Crippen molar-refractivity contribution in [3.63, 3.8) is 0 Å². The molecule has 0 aromatic heterocycles. The summed E-state index contributed by atoms with van der Waals surface area (Å²) in [5.74, 6) is 0. The van der Waals surface area contributed by atoms with Crippen molar-refractivity contribution < 1.29 is 8.42 Å². The van der Waals surface area contributed by atoms with Gasteiger partial charge in [-0.25, -0.2) is 13.6 Å². The molecule has 0 radical (unpaired) electrons. The van der Waals surface area contributed by atoms with Crippen LogP contribution >= 0.6 is 11.6 Å². The van der Waals surface area contributed by atoms with E-state index < -0.39 is 15.3 Å². The average molecular weight is 270 g/mol. The fourth-order valence-corrected chi connectivity index (χ4v) is 2.93. The smallest absolute Gasteiger partial charge is 0.211 e. The molecule has 16 heavy (non-hydrogen) atoms. The first-order valence-electron chi connectivity index (χ1n) is 5.28. The second-order valence-corrected chi connectivity index (χ2v) is 7.19. The minimum atomic E-state index is -3.45. The molecule has 0 aliphatic carbocycles. The van der Waals surface area contributed by atoms with Crippen molar-refractivity contribution in [2.75, 3.05) is 27.2 Å². The van der Waals surface area contributed by atoms with Gasteiger partial charge in [-0.1, -0.05) is 0 Å². The quantitative estimate of drug-likeness (QED) is 0.725. The first-order chi connectivity index (χ1) is 7.21. The van der Waals surface area contributed by atoms with E-state index in [1.165, 1.54) is 0 Å². The molecule has 1 aliphatic rings. The minimum absolute atomic E-state index is 0.0864. The van der Waals surface area contributed by atoms with Crippen LogP contribution in [0.4, 0.5) is 0 Å². The fourth-order valence-electron chi connectivity index (χ4n) is 2.05. The summed E-state index contributed by atoms with van der Waals surface area (Å²) in [6.07, 6.45) is 0.596. The highest BCUT2D eigenvalue weighted by Gasteiger charge is 2.32. The SMILES string of the molecule is C[C@@H](CC1N(C)CC(Cl)CN1C)S(N)(=O)=O. The van der Waals surface area contributed by atoms with Gasteiger partial charge in [0.15, 0.2) is 0 Å². The molecular weight excluding hydrogens is 250 g/mol. The largest absolute Gasteiger partial charge is 0.289 e. The number of hydrogen-bond donors (Lipinski definition) is 1. The van der Waals surface area contributed by atoms with E-state index in [-0.39, 0.29) is 11.5 Å². The van der Waals surface area contributed by atoms with Gasteiger partial charge in [-0.15, -0.1) is 11.6 Å². The van der Waals surface area contributed by atoms with Crippen molar-refractivity contribution in [3.8, 4) is 0 Å². The van der Waals surface area contributed by atoms with E-state index in [1.54, 1.807) is 6.92 Å². The van der Waals surface area contributed by atoms with Crippen LogP contribution in [0.15, 0.2) is 0 Å². The summed E-state index contributed by atoms with van der Waals surface area (Å²) in [6.45, 7) is 3.19. The van der Waals surface area contributed by atoms with Crippen molar-refractivity contribution in [2.45, 2.75) is 30.1 Å². The number of nitrogens with zero attached hydrogens (tertiary/aromatic N) is 2. The lowest BCUT2D eigenvalue weighted by Crippen LogP contribution is -2.56. The number of alkyl halides is 1. The van der Waals surface area contributed by atoms with E-state index in [0.29, 0.717) is 6.42 Å². The van der Waals surface area contributed by atoms with Crippen LogP contribution in [-0.2, 0) is 10.0 Å². The van der Waals surface area contributed by atoms with Crippen molar-refractivity contribution in [3.05, 3.63) is 0 Å². The van der Waals surface area contributed by atoms with E-state index in [1.807, 2.05) is 14.1 Å². The Morgan fingerprint density at radius 3 is 2.19 bits per heavy atom. The summed E-state index contributed by atoms with van der Waals surface area (Å²) in [7, 11) is 0.451. The van der Waals surface area contributed by atoms with E-state index in [4.69, 9.17) is 16.7 Å². The molecule has 5 nitrogen and oxygen atoms in total. The molecule has 0 aromatic rings. The van der Waals surface area contributed by atoms with Gasteiger partial charge >= 0.3 is 0 Å². The second kappa shape index (κ2) is 5.18. The first-order valence-corrected chi connectivity index (χ1v) is 7.32. The van der Waals surface area contributed by atoms with E-state index in [0.717, 1.165) is 13.1 Å². The van der Waals surface area contributed by atoms with E-state index in [2.05, 4.69) is 9.80 Å². The lowest BCUT2D eigenvalue weighted by molar-refractivity contribution is 0.0389. The van der Waals surface area contributed by atoms with E-state index >= 15 is 0 Å². The fraction of sp³-hybridized carbons (Fsp3) is 1.00. The van der Waals surface area contributed by atoms with Crippen LogP contribution in [0.2, 0.25) is 0 Å². The lowest BCUT2D eigenvalue weighted by Gasteiger charge is -2.42. The maximum Gasteiger partial charge on any atom is 0.211 e. The van der Waals surface area contributed by atoms with Crippen LogP contribution < -0.4 is 5.14 Å². The van der Waals surface area contributed by atoms with Gasteiger partial charge in [0.05, 0.1) is 16.8 Å². The van der Waals surface area contributed by atoms with Crippen molar-refractivity contribution in [2.24, 2.45) is 5.14 Å². The molecule has 0 spiro atoms. The van der Waals surface area contributed by atoms with Crippen LogP contribution in [0.25, 0.3) is 0 Å². The third-order valence-electron chi connectivity index (χ3n) is 3.09. The van der Waals surface area contributed by atoms with Gasteiger partial charge in [-0.05, 0) is 27.4 Å². The summed E-state index contributed by atoms with van der Waals surface area (Å²) >= 11 is 6.07. The van der Waals surface area contributed by atoms with Gasteiger partial charge < -0.3 is 0 Å². The third-order valence-corrected chi connectivity index (χ3v) is 4.68. The Labute approximate surface area is 103 Å². The molecule has 1 fully saturated rings. The summed E-state index contributed by atoms with van der Waals surface area (Å²) in [5, 5.41) is 4.68. The van der Waals surface area contributed by atoms with Gasteiger partial charge in [0.2, 0.25) is 10.0 Å². The summed E-state index contributed by atoms with van der Waals surface area (Å²) in [6, 6.07) is 0. The molecule has 0 bridgehead atoms. The second-order valence-electron chi connectivity index (χ2n) is 4.59. The summed E-state index contributed by atoms with van der Waals surface area (Å²) in [4.78, 5) is 4.14. The highest BCUT2D eigenvalue weighted by atomic mass is 35.5. The molecule has 1 aliphatic heterocycles. The van der Waals surface area contributed by atoms with Crippen molar-refractivity contribution >= 4 is 21.6 Å². The third kappa shape index (κ3) is 3.56. The average Bonchev–Trinajstić information content (AvgIpc) is 2.08. The Morgan fingerprint density at radius 1 is 1.38 bits per heavy atom. The maximum atomic E-state index is 11.2. The topological polar surface area (TPSA) is 66.6 Å². The van der Waals surface area contributed by atoms with Crippen LogP contribution in [0.1, 0.15) is 13.3 Å². The Balaban J connectivity index is 2.66. The lowest BCUT2D eigenvalue weighted by atomic mass is 10.1. The van der Waals surface area contributed by atoms with Crippen LogP contribution in [0.5, 0.6) is 0 Å². The highest BCUT2D eigenvalue weighted by molar-refractivity contribution is 7.89. The molecule has 0 amide bonds. The molecule has 7 heteroatoms. The number of hydrogen-bond acceptors (Lipinski definition) is 4. The Morgan fingerprint density at radius 2 is 1.81 bits per heavy atom. The van der Waals surface area contributed by atoms with Crippen molar-refractivity contribution in [1.29, 1.82) is 0 Å². The molecule has 0 aromatic carbocycles. The van der Waals surface area contributed by atoms with Gasteiger partial charge in [-0.3, -0.25) is 9.80 Å². The molecule has 1 atom stereocenters. The standard InChI is InChI=1S/C9H20ClN3O2S/c1-7(16(11,14)15)4-9-12(2)5-8(10)6-13(9)3/h7-9H,4-6H2,1-3H3,(H2,11,14,15)/t7-,8?,9?/m0/s1.